The molecule has 7 heteroatoms. The Kier molecular flexibility index (Phi) is 4.03. The summed E-state index contributed by atoms with van der Waals surface area (Å²) < 4.78 is 10.7. The second-order valence-corrected chi connectivity index (χ2v) is 6.77. The van der Waals surface area contributed by atoms with Crippen molar-refractivity contribution in [3.63, 3.8) is 0 Å². The lowest BCUT2D eigenvalue weighted by Gasteiger charge is -2.44. The molecule has 2 amide bonds. The van der Waals surface area contributed by atoms with Crippen molar-refractivity contribution in [2.75, 3.05) is 32.1 Å². The van der Waals surface area contributed by atoms with E-state index >= 15 is 0 Å². The standard InChI is InChI=1S/C14H21N3O3S/c1-3-20-10-6-14(7-10)4-5-17(9-14)13(18)16-12-15-8-11(19-2)21-12/h8,10H,3-7,9H2,1-2H3,(H,15,16,18). The number of carbonyl (C=O) groups is 1. The average molecular weight is 311 g/mol. The maximum atomic E-state index is 12.3. The Morgan fingerprint density at radius 1 is 1.62 bits per heavy atom. The second kappa shape index (κ2) is 5.81. The van der Waals surface area contributed by atoms with E-state index in [1.807, 2.05) is 11.8 Å². The van der Waals surface area contributed by atoms with Crippen molar-refractivity contribution in [1.29, 1.82) is 0 Å². The largest absolute Gasteiger partial charge is 0.486 e. The topological polar surface area (TPSA) is 63.7 Å². The molecule has 0 unspecified atom stereocenters. The van der Waals surface area contributed by atoms with Gasteiger partial charge in [0.05, 0.1) is 19.4 Å². The molecule has 116 valence electrons. The lowest BCUT2D eigenvalue weighted by Crippen LogP contribution is -2.45. The summed E-state index contributed by atoms with van der Waals surface area (Å²) in [5.41, 5.74) is 0.289. The zero-order valence-electron chi connectivity index (χ0n) is 12.4. The highest BCUT2D eigenvalue weighted by molar-refractivity contribution is 7.17. The van der Waals surface area contributed by atoms with E-state index in [4.69, 9.17) is 9.47 Å². The summed E-state index contributed by atoms with van der Waals surface area (Å²) in [7, 11) is 1.59. The van der Waals surface area contributed by atoms with Crippen LogP contribution >= 0.6 is 11.3 Å². The van der Waals surface area contributed by atoms with E-state index in [9.17, 15) is 4.79 Å². The summed E-state index contributed by atoms with van der Waals surface area (Å²) in [5, 5.41) is 4.12. The van der Waals surface area contributed by atoms with Gasteiger partial charge >= 0.3 is 6.03 Å². The Labute approximate surface area is 128 Å². The normalized spacial score (nSPS) is 27.7. The second-order valence-electron chi connectivity index (χ2n) is 5.78. The molecule has 3 rings (SSSR count). The lowest BCUT2D eigenvalue weighted by atomic mass is 9.66. The Bertz CT molecular complexity index is 513. The monoisotopic (exact) mass is 311 g/mol. The molecule has 1 aliphatic carbocycles. The minimum Gasteiger partial charge on any atom is -0.486 e. The Hall–Kier alpha value is -1.34. The van der Waals surface area contributed by atoms with Crippen LogP contribution < -0.4 is 10.1 Å². The molecule has 6 nitrogen and oxygen atoms in total. The molecule has 1 aliphatic heterocycles. The molecule has 1 N–H and O–H groups in total. The molecule has 1 saturated heterocycles. The van der Waals surface area contributed by atoms with E-state index in [1.165, 1.54) is 11.3 Å². The van der Waals surface area contributed by atoms with E-state index in [-0.39, 0.29) is 11.4 Å². The van der Waals surface area contributed by atoms with Crippen molar-refractivity contribution in [2.24, 2.45) is 5.41 Å². The molecule has 0 radical (unpaired) electrons. The summed E-state index contributed by atoms with van der Waals surface area (Å²) in [6.07, 6.45) is 5.24. The number of amides is 2. The van der Waals surface area contributed by atoms with Crippen LogP contribution in [-0.2, 0) is 4.74 Å². The third kappa shape index (κ3) is 2.98. The van der Waals surface area contributed by atoms with Gasteiger partial charge in [0.15, 0.2) is 10.2 Å². The van der Waals surface area contributed by atoms with Gasteiger partial charge in [-0.2, -0.15) is 0 Å². The number of methoxy groups -OCH3 is 1. The van der Waals surface area contributed by atoms with Gasteiger partial charge in [0.2, 0.25) is 0 Å². The van der Waals surface area contributed by atoms with Crippen LogP contribution in [0.1, 0.15) is 26.2 Å². The number of ether oxygens (including phenoxy) is 2. The van der Waals surface area contributed by atoms with Crippen LogP contribution in [0.2, 0.25) is 0 Å². The molecule has 2 heterocycles. The zero-order valence-corrected chi connectivity index (χ0v) is 13.2. The Balaban J connectivity index is 1.51. The fourth-order valence-corrected chi connectivity index (χ4v) is 3.91. The van der Waals surface area contributed by atoms with Gasteiger partial charge < -0.3 is 14.4 Å². The molecule has 2 fully saturated rings. The average Bonchev–Trinajstić information content (AvgIpc) is 3.05. The van der Waals surface area contributed by atoms with Gasteiger partial charge in [-0.15, -0.1) is 0 Å². The summed E-state index contributed by atoms with van der Waals surface area (Å²) in [4.78, 5) is 18.3. The van der Waals surface area contributed by atoms with Crippen LogP contribution in [0.25, 0.3) is 0 Å². The summed E-state index contributed by atoms with van der Waals surface area (Å²) in [6, 6.07) is -0.0660. The van der Waals surface area contributed by atoms with Crippen LogP contribution in [-0.4, -0.2) is 48.8 Å². The van der Waals surface area contributed by atoms with Gasteiger partial charge in [0.1, 0.15) is 0 Å². The third-order valence-electron chi connectivity index (χ3n) is 4.35. The molecule has 0 atom stereocenters. The maximum absolute atomic E-state index is 12.3. The molecular formula is C14H21N3O3S. The number of thiazole rings is 1. The van der Waals surface area contributed by atoms with E-state index in [2.05, 4.69) is 10.3 Å². The lowest BCUT2D eigenvalue weighted by molar-refractivity contribution is -0.0703. The number of rotatable bonds is 4. The fourth-order valence-electron chi connectivity index (χ4n) is 3.28. The molecule has 0 aromatic carbocycles. The van der Waals surface area contributed by atoms with Gasteiger partial charge in [0, 0.05) is 19.7 Å². The molecule has 2 aliphatic rings. The zero-order chi connectivity index (χ0) is 14.9. The summed E-state index contributed by atoms with van der Waals surface area (Å²) in [5.74, 6) is 0. The number of nitrogens with one attached hydrogen (secondary N) is 1. The van der Waals surface area contributed by atoms with Crippen LogP contribution in [0.15, 0.2) is 6.20 Å². The van der Waals surface area contributed by atoms with Crippen molar-refractivity contribution in [2.45, 2.75) is 32.3 Å². The van der Waals surface area contributed by atoms with Crippen LogP contribution in [0.3, 0.4) is 0 Å². The maximum Gasteiger partial charge on any atom is 0.323 e. The highest BCUT2D eigenvalue weighted by Crippen LogP contribution is 2.49. The third-order valence-corrected chi connectivity index (χ3v) is 5.22. The van der Waals surface area contributed by atoms with Crippen molar-refractivity contribution in [3.05, 3.63) is 6.20 Å². The smallest absolute Gasteiger partial charge is 0.323 e. The van der Waals surface area contributed by atoms with Gasteiger partial charge in [-0.25, -0.2) is 9.78 Å². The molecule has 1 aromatic rings. The SMILES string of the molecule is CCOC1CC2(CCN(C(=O)Nc3ncc(OC)s3)C2)C1. The molecule has 21 heavy (non-hydrogen) atoms. The van der Waals surface area contributed by atoms with E-state index in [1.54, 1.807) is 13.3 Å². The van der Waals surface area contributed by atoms with Crippen LogP contribution in [0.4, 0.5) is 9.93 Å². The van der Waals surface area contributed by atoms with Crippen molar-refractivity contribution in [3.8, 4) is 5.06 Å². The highest BCUT2D eigenvalue weighted by Gasteiger charge is 2.49. The van der Waals surface area contributed by atoms with Crippen molar-refractivity contribution in [1.82, 2.24) is 9.88 Å². The number of anilines is 1. The first kappa shape index (κ1) is 14.6. The first-order chi connectivity index (χ1) is 10.1. The van der Waals surface area contributed by atoms with Gasteiger partial charge in [-0.3, -0.25) is 5.32 Å². The molecule has 0 bridgehead atoms. The first-order valence-electron chi connectivity index (χ1n) is 7.31. The minimum atomic E-state index is -0.0660. The van der Waals surface area contributed by atoms with Gasteiger partial charge in [-0.1, -0.05) is 11.3 Å². The molecule has 1 aromatic heterocycles. The molecular weight excluding hydrogens is 290 g/mol. The fraction of sp³-hybridized carbons (Fsp3) is 0.714. The summed E-state index contributed by atoms with van der Waals surface area (Å²) in [6.45, 7) is 4.44. The van der Waals surface area contributed by atoms with Gasteiger partial charge in [0.25, 0.3) is 0 Å². The first-order valence-corrected chi connectivity index (χ1v) is 8.13. The van der Waals surface area contributed by atoms with Crippen LogP contribution in [0, 0.1) is 5.41 Å². The number of carbonyl (C=O) groups excluding carboxylic acids is 1. The Morgan fingerprint density at radius 2 is 2.43 bits per heavy atom. The molecule has 1 spiro atoms. The van der Waals surface area contributed by atoms with Gasteiger partial charge in [-0.05, 0) is 31.6 Å². The highest BCUT2D eigenvalue weighted by atomic mass is 32.1. The number of aromatic nitrogens is 1. The number of hydrogen-bond acceptors (Lipinski definition) is 5. The minimum absolute atomic E-state index is 0.0660. The quantitative estimate of drug-likeness (QED) is 0.928. The predicted octanol–water partition coefficient (Wildman–Crippen LogP) is 2.57. The van der Waals surface area contributed by atoms with Crippen molar-refractivity contribution < 1.29 is 14.3 Å². The predicted molar refractivity (Wildman–Crippen MR) is 81.0 cm³/mol. The van der Waals surface area contributed by atoms with E-state index in [0.717, 1.165) is 39.0 Å². The van der Waals surface area contributed by atoms with Crippen LogP contribution in [0.5, 0.6) is 5.06 Å². The number of likely N-dealkylation sites (tertiary alicyclic amines) is 1. The van der Waals surface area contributed by atoms with Crippen molar-refractivity contribution >= 4 is 22.5 Å². The van der Waals surface area contributed by atoms with E-state index in [0.29, 0.717) is 16.3 Å². The summed E-state index contributed by atoms with van der Waals surface area (Å²) >= 11 is 1.33. The molecule has 1 saturated carbocycles. The number of urea groups is 1. The Morgan fingerprint density at radius 3 is 3.10 bits per heavy atom. The number of hydrogen-bond donors (Lipinski definition) is 1. The van der Waals surface area contributed by atoms with E-state index < -0.39 is 0 Å². The number of nitrogens with zero attached hydrogens (tertiary/aromatic N) is 2.